The Kier molecular flexibility index (Phi) is 10.1. The normalized spacial score (nSPS) is 7.81. The number of aldehydes is 1. The van der Waals surface area contributed by atoms with Crippen molar-refractivity contribution in [1.82, 2.24) is 0 Å². The van der Waals surface area contributed by atoms with Gasteiger partial charge in [0.2, 0.25) is 0 Å². The van der Waals surface area contributed by atoms with E-state index in [0.717, 1.165) is 0 Å². The second kappa shape index (κ2) is 9.26. The van der Waals surface area contributed by atoms with E-state index in [1.807, 2.05) is 0 Å². The summed E-state index contributed by atoms with van der Waals surface area (Å²) in [5, 5.41) is 25.8. The molecule has 0 saturated heterocycles. The number of carboxylic acid groups (broad SMARTS) is 2. The number of ether oxygens (including phenoxy) is 1. The number of phenols is 1. The molecule has 0 heterocycles. The van der Waals surface area contributed by atoms with Gasteiger partial charge in [0, 0.05) is 5.56 Å². The number of methoxy groups -OCH3 is 1. The van der Waals surface area contributed by atoms with Gasteiger partial charge < -0.3 is 24.9 Å². The summed E-state index contributed by atoms with van der Waals surface area (Å²) in [6.07, 6.45) is -1.64. The quantitative estimate of drug-likeness (QED) is 0.500. The molecule has 16 heavy (non-hydrogen) atoms. The number of hydrogen-bond donors (Lipinski definition) is 1. The van der Waals surface area contributed by atoms with Crippen molar-refractivity contribution in [1.29, 1.82) is 0 Å². The molecule has 0 aliphatic rings. The Hall–Kier alpha value is -0.980. The van der Waals surface area contributed by atoms with Crippen LogP contribution in [0.3, 0.4) is 0 Å². The molecule has 1 aromatic rings. The molecule has 0 aliphatic heterocycles. The summed E-state index contributed by atoms with van der Waals surface area (Å²) in [4.78, 5) is 18.6. The number of aromatic hydroxyl groups is 1. The summed E-state index contributed by atoms with van der Waals surface area (Å²) in [6.45, 7) is 0. The zero-order chi connectivity index (χ0) is 11.8. The van der Waals surface area contributed by atoms with E-state index in [9.17, 15) is 4.79 Å². The van der Waals surface area contributed by atoms with Crippen LogP contribution in [0.2, 0.25) is 0 Å². The Labute approximate surface area is 121 Å². The molecule has 0 fully saturated rings. The molecule has 0 atom stereocenters. The Bertz CT molecular complexity index is 348. The molecular weight excluding hydrogens is 244 g/mol. The Balaban J connectivity index is 0. The van der Waals surface area contributed by atoms with Crippen molar-refractivity contribution in [3.05, 3.63) is 23.8 Å². The predicted molar refractivity (Wildman–Crippen MR) is 51.2 cm³/mol. The third kappa shape index (κ3) is 7.33. The van der Waals surface area contributed by atoms with Gasteiger partial charge in [0.25, 0.3) is 0 Å². The molecule has 7 heteroatoms. The predicted octanol–water partition coefficient (Wildman–Crippen LogP) is -1.61. The topological polar surface area (TPSA) is 110 Å². The zero-order valence-corrected chi connectivity index (χ0v) is 10.7. The second-order valence-corrected chi connectivity index (χ2v) is 2.30. The molecule has 0 aromatic heterocycles. The third-order valence-electron chi connectivity index (χ3n) is 1.34. The molecule has 6 nitrogen and oxygen atoms in total. The average molecular weight is 252 g/mol. The Morgan fingerprint density at radius 1 is 1.44 bits per heavy atom. The van der Waals surface area contributed by atoms with E-state index in [0.29, 0.717) is 17.6 Å². The molecular formula is C9H8CaO6. The van der Waals surface area contributed by atoms with Crippen LogP contribution in [0.15, 0.2) is 18.2 Å². The molecule has 0 radical (unpaired) electrons. The van der Waals surface area contributed by atoms with E-state index in [1.165, 1.54) is 25.3 Å². The standard InChI is InChI=1S/C8H8O3.CH2O3.Ca/c1-11-8-4-6(5-9)2-3-7(8)10;2-1(3)4;/h2-5,10H,1H3;(H2,2,3,4);/q;;+2/p-2. The summed E-state index contributed by atoms with van der Waals surface area (Å²) in [6, 6.07) is 4.41. The van der Waals surface area contributed by atoms with Crippen LogP contribution in [0.1, 0.15) is 10.4 Å². The first-order valence-electron chi connectivity index (χ1n) is 3.71. The monoisotopic (exact) mass is 252 g/mol. The van der Waals surface area contributed by atoms with E-state index in [-0.39, 0.29) is 43.5 Å². The second-order valence-electron chi connectivity index (χ2n) is 2.30. The molecule has 82 valence electrons. The van der Waals surface area contributed by atoms with Crippen molar-refractivity contribution in [3.8, 4) is 11.5 Å². The number of phenolic OH excluding ortho intramolecular Hbond substituents is 1. The maximum atomic E-state index is 10.2. The molecule has 0 bridgehead atoms. The molecule has 0 amide bonds. The molecule has 0 aliphatic carbocycles. The van der Waals surface area contributed by atoms with Gasteiger partial charge in [0.15, 0.2) is 11.5 Å². The van der Waals surface area contributed by atoms with Crippen LogP contribution < -0.4 is 14.9 Å². The van der Waals surface area contributed by atoms with Gasteiger partial charge >= 0.3 is 37.7 Å². The van der Waals surface area contributed by atoms with Crippen LogP contribution in [-0.4, -0.2) is 62.4 Å². The maximum Gasteiger partial charge on any atom is 2.00 e. The first-order valence-corrected chi connectivity index (χ1v) is 3.71. The van der Waals surface area contributed by atoms with Gasteiger partial charge in [-0.15, -0.1) is 0 Å². The summed E-state index contributed by atoms with van der Waals surface area (Å²) in [7, 11) is 1.43. The van der Waals surface area contributed by atoms with E-state index in [1.54, 1.807) is 0 Å². The summed E-state index contributed by atoms with van der Waals surface area (Å²) >= 11 is 0. The summed E-state index contributed by atoms with van der Waals surface area (Å²) in [5.41, 5.74) is 0.486. The van der Waals surface area contributed by atoms with Crippen LogP contribution in [0.4, 0.5) is 4.79 Å². The van der Waals surface area contributed by atoms with Gasteiger partial charge in [-0.05, 0) is 24.4 Å². The van der Waals surface area contributed by atoms with Crippen LogP contribution in [0.5, 0.6) is 11.5 Å². The van der Waals surface area contributed by atoms with Crippen LogP contribution in [-0.2, 0) is 0 Å². The van der Waals surface area contributed by atoms with E-state index in [4.69, 9.17) is 24.9 Å². The van der Waals surface area contributed by atoms with Crippen molar-refractivity contribution in [2.24, 2.45) is 0 Å². The van der Waals surface area contributed by atoms with Crippen molar-refractivity contribution >= 4 is 50.2 Å². The molecule has 0 saturated carbocycles. The minimum atomic E-state index is -2.33. The fourth-order valence-electron chi connectivity index (χ4n) is 0.768. The first kappa shape index (κ1) is 17.4. The largest absolute Gasteiger partial charge is 2.00 e. The molecule has 1 N–H and O–H groups in total. The van der Waals surface area contributed by atoms with Gasteiger partial charge in [-0.1, -0.05) is 0 Å². The first-order chi connectivity index (χ1) is 7.01. The Morgan fingerprint density at radius 3 is 2.31 bits per heavy atom. The van der Waals surface area contributed by atoms with E-state index >= 15 is 0 Å². The minimum Gasteiger partial charge on any atom is -0.652 e. The number of carbonyl (C=O) groups is 2. The van der Waals surface area contributed by atoms with Crippen molar-refractivity contribution in [2.45, 2.75) is 0 Å². The minimum absolute atomic E-state index is 0. The summed E-state index contributed by atoms with van der Waals surface area (Å²) < 4.78 is 4.78. The van der Waals surface area contributed by atoms with Gasteiger partial charge in [-0.25, -0.2) is 0 Å². The molecule has 1 aromatic carbocycles. The Morgan fingerprint density at radius 2 is 1.94 bits per heavy atom. The van der Waals surface area contributed by atoms with Gasteiger partial charge in [0.05, 0.1) is 7.11 Å². The fourth-order valence-corrected chi connectivity index (χ4v) is 0.768. The number of rotatable bonds is 2. The smallest absolute Gasteiger partial charge is 0.652 e. The van der Waals surface area contributed by atoms with Gasteiger partial charge in [-0.2, -0.15) is 0 Å². The van der Waals surface area contributed by atoms with Crippen molar-refractivity contribution in [3.63, 3.8) is 0 Å². The number of benzene rings is 1. The average Bonchev–Trinajstić information content (AvgIpc) is 2.18. The fraction of sp³-hybridized carbons (Fsp3) is 0.111. The number of hydrogen-bond acceptors (Lipinski definition) is 6. The van der Waals surface area contributed by atoms with Gasteiger partial charge in [0.1, 0.15) is 6.29 Å². The van der Waals surface area contributed by atoms with Crippen LogP contribution in [0, 0.1) is 0 Å². The van der Waals surface area contributed by atoms with Crippen molar-refractivity contribution in [2.75, 3.05) is 7.11 Å². The summed E-state index contributed by atoms with van der Waals surface area (Å²) in [5.74, 6) is 0.354. The van der Waals surface area contributed by atoms with Crippen LogP contribution >= 0.6 is 0 Å². The molecule has 0 spiro atoms. The van der Waals surface area contributed by atoms with Gasteiger partial charge in [-0.3, -0.25) is 4.79 Å². The molecule has 1 rings (SSSR count). The van der Waals surface area contributed by atoms with Crippen LogP contribution in [0.25, 0.3) is 0 Å². The maximum absolute atomic E-state index is 10.2. The third-order valence-corrected chi connectivity index (χ3v) is 1.34. The SMILES string of the molecule is COc1cc(C=O)ccc1O.O=C([O-])[O-].[Ca+2]. The van der Waals surface area contributed by atoms with E-state index in [2.05, 4.69) is 0 Å². The zero-order valence-electron chi connectivity index (χ0n) is 8.50. The molecule has 0 unspecified atom stereocenters. The van der Waals surface area contributed by atoms with Crippen molar-refractivity contribution < 1.29 is 29.6 Å². The van der Waals surface area contributed by atoms with E-state index < -0.39 is 6.16 Å². The number of carbonyl (C=O) groups excluding carboxylic acids is 2.